The summed E-state index contributed by atoms with van der Waals surface area (Å²) in [5.41, 5.74) is 8.52. The molecule has 0 unspecified atom stereocenters. The summed E-state index contributed by atoms with van der Waals surface area (Å²) in [6.45, 7) is 3.90. The normalized spacial score (nSPS) is 10.4. The molecular formula is C19H17BrN4O2. The first-order valence-electron chi connectivity index (χ1n) is 7.94. The van der Waals surface area contributed by atoms with Crippen molar-refractivity contribution in [2.45, 2.75) is 13.8 Å². The van der Waals surface area contributed by atoms with Crippen LogP contribution in [0.15, 0.2) is 59.1 Å². The molecule has 7 heteroatoms. The minimum absolute atomic E-state index is 0.384. The number of aromatic nitrogens is 2. The van der Waals surface area contributed by atoms with Gasteiger partial charge in [0, 0.05) is 21.3 Å². The van der Waals surface area contributed by atoms with E-state index >= 15 is 0 Å². The van der Waals surface area contributed by atoms with E-state index in [0.29, 0.717) is 11.1 Å². The van der Waals surface area contributed by atoms with Crippen LogP contribution in [0.2, 0.25) is 0 Å². The number of carbonyl (C=O) groups excluding carboxylic acids is 2. The Bertz CT molecular complexity index is 947. The molecule has 0 saturated heterocycles. The molecule has 0 aliphatic carbocycles. The molecule has 0 radical (unpaired) electrons. The number of hydrogen-bond acceptors (Lipinski definition) is 3. The van der Waals surface area contributed by atoms with Gasteiger partial charge in [-0.15, -0.1) is 0 Å². The summed E-state index contributed by atoms with van der Waals surface area (Å²) in [6.07, 6.45) is 0. The van der Waals surface area contributed by atoms with Crippen molar-refractivity contribution in [2.24, 2.45) is 0 Å². The number of benzene rings is 2. The zero-order chi connectivity index (χ0) is 18.7. The van der Waals surface area contributed by atoms with Crippen molar-refractivity contribution in [1.29, 1.82) is 0 Å². The Morgan fingerprint density at radius 3 is 1.85 bits per heavy atom. The number of hydrazine groups is 1. The summed E-state index contributed by atoms with van der Waals surface area (Å²) in [5, 5.41) is 4.41. The van der Waals surface area contributed by atoms with Crippen LogP contribution in [-0.4, -0.2) is 21.6 Å². The smallest absolute Gasteiger partial charge is 0.267 e. The highest BCUT2D eigenvalue weighted by molar-refractivity contribution is 9.10. The topological polar surface area (TPSA) is 76.0 Å². The minimum Gasteiger partial charge on any atom is -0.267 e. The van der Waals surface area contributed by atoms with Crippen LogP contribution in [-0.2, 0) is 0 Å². The van der Waals surface area contributed by atoms with Crippen molar-refractivity contribution in [1.82, 2.24) is 20.6 Å². The Kier molecular flexibility index (Phi) is 5.18. The van der Waals surface area contributed by atoms with E-state index < -0.39 is 5.91 Å². The van der Waals surface area contributed by atoms with Crippen LogP contribution in [0.5, 0.6) is 0 Å². The molecule has 1 heterocycles. The summed E-state index contributed by atoms with van der Waals surface area (Å²) < 4.78 is 2.69. The molecule has 2 aromatic carbocycles. The number of hydrogen-bond donors (Lipinski definition) is 2. The Hall–Kier alpha value is -2.93. The maximum absolute atomic E-state index is 12.2. The van der Waals surface area contributed by atoms with E-state index in [9.17, 15) is 9.59 Å². The van der Waals surface area contributed by atoms with Crippen molar-refractivity contribution in [3.05, 3.63) is 81.6 Å². The summed E-state index contributed by atoms with van der Waals surface area (Å²) in [5.74, 6) is -0.777. The van der Waals surface area contributed by atoms with Crippen LogP contribution in [0.4, 0.5) is 0 Å². The van der Waals surface area contributed by atoms with Gasteiger partial charge in [0.2, 0.25) is 0 Å². The molecule has 0 saturated carbocycles. The van der Waals surface area contributed by atoms with Crippen molar-refractivity contribution in [3.63, 3.8) is 0 Å². The molecule has 3 aromatic rings. The number of halogens is 1. The van der Waals surface area contributed by atoms with E-state index in [-0.39, 0.29) is 5.91 Å². The quantitative estimate of drug-likeness (QED) is 0.647. The second-order valence-corrected chi connectivity index (χ2v) is 6.72. The van der Waals surface area contributed by atoms with Crippen LogP contribution in [0.25, 0.3) is 5.69 Å². The van der Waals surface area contributed by atoms with Crippen LogP contribution < -0.4 is 10.9 Å². The van der Waals surface area contributed by atoms with Crippen LogP contribution in [0.1, 0.15) is 32.1 Å². The van der Waals surface area contributed by atoms with Crippen molar-refractivity contribution in [3.8, 4) is 5.69 Å². The average molecular weight is 413 g/mol. The highest BCUT2D eigenvalue weighted by atomic mass is 79.9. The monoisotopic (exact) mass is 412 g/mol. The summed E-state index contributed by atoms with van der Waals surface area (Å²) in [4.78, 5) is 24.2. The molecule has 6 nitrogen and oxygen atoms in total. The van der Waals surface area contributed by atoms with Crippen molar-refractivity contribution in [2.75, 3.05) is 0 Å². The minimum atomic E-state index is -0.393. The predicted molar refractivity (Wildman–Crippen MR) is 102 cm³/mol. The van der Waals surface area contributed by atoms with E-state index in [4.69, 9.17) is 0 Å². The van der Waals surface area contributed by atoms with Gasteiger partial charge in [0.05, 0.1) is 11.4 Å². The number of nitrogens with zero attached hydrogens (tertiary/aromatic N) is 2. The highest BCUT2D eigenvalue weighted by Crippen LogP contribution is 2.13. The lowest BCUT2D eigenvalue weighted by Gasteiger charge is -2.09. The highest BCUT2D eigenvalue weighted by Gasteiger charge is 2.10. The van der Waals surface area contributed by atoms with Gasteiger partial charge in [-0.1, -0.05) is 15.9 Å². The SMILES string of the molecule is Cc1cc(C)n(-c2ccc(C(=O)NNC(=O)c3ccc(Br)cc3)cc2)n1. The van der Waals surface area contributed by atoms with Gasteiger partial charge in [-0.25, -0.2) is 4.68 Å². The number of carbonyl (C=O) groups is 2. The van der Waals surface area contributed by atoms with Gasteiger partial charge in [-0.2, -0.15) is 5.10 Å². The number of rotatable bonds is 3. The molecule has 3 rings (SSSR count). The fraction of sp³-hybridized carbons (Fsp3) is 0.105. The molecule has 0 atom stereocenters. The summed E-state index contributed by atoms with van der Waals surface area (Å²) in [7, 11) is 0. The van der Waals surface area contributed by atoms with E-state index in [0.717, 1.165) is 21.5 Å². The van der Waals surface area contributed by atoms with Crippen LogP contribution >= 0.6 is 15.9 Å². The zero-order valence-electron chi connectivity index (χ0n) is 14.3. The third-order valence-electron chi connectivity index (χ3n) is 3.78. The lowest BCUT2D eigenvalue weighted by molar-refractivity contribution is 0.0846. The van der Waals surface area contributed by atoms with Crippen LogP contribution in [0, 0.1) is 13.8 Å². The molecule has 0 fully saturated rings. The maximum Gasteiger partial charge on any atom is 0.269 e. The van der Waals surface area contributed by atoms with Gasteiger partial charge in [-0.05, 0) is 68.4 Å². The van der Waals surface area contributed by atoms with Gasteiger partial charge in [0.25, 0.3) is 11.8 Å². The number of amides is 2. The van der Waals surface area contributed by atoms with E-state index in [1.54, 1.807) is 36.4 Å². The Morgan fingerprint density at radius 2 is 1.38 bits per heavy atom. The standard InChI is InChI=1S/C19H17BrN4O2/c1-12-11-13(2)24(23-12)17-9-5-15(6-10-17)19(26)22-21-18(25)14-3-7-16(20)8-4-14/h3-11H,1-2H3,(H,21,25)(H,22,26). The number of aryl methyl sites for hydroxylation is 2. The molecule has 2 amide bonds. The average Bonchev–Trinajstić information content (AvgIpc) is 2.98. The molecule has 0 spiro atoms. The largest absolute Gasteiger partial charge is 0.269 e. The molecular weight excluding hydrogens is 396 g/mol. The molecule has 0 bridgehead atoms. The first-order valence-corrected chi connectivity index (χ1v) is 8.73. The first kappa shape index (κ1) is 17.9. The van der Waals surface area contributed by atoms with E-state index in [1.807, 2.05) is 36.7 Å². The summed E-state index contributed by atoms with van der Waals surface area (Å²) in [6, 6.07) is 15.8. The molecule has 26 heavy (non-hydrogen) atoms. The second-order valence-electron chi connectivity index (χ2n) is 5.80. The first-order chi connectivity index (χ1) is 12.4. The second kappa shape index (κ2) is 7.53. The molecule has 2 N–H and O–H groups in total. The maximum atomic E-state index is 12.2. The molecule has 0 aliphatic rings. The van der Waals surface area contributed by atoms with E-state index in [2.05, 4.69) is 31.9 Å². The van der Waals surface area contributed by atoms with Crippen LogP contribution in [0.3, 0.4) is 0 Å². The van der Waals surface area contributed by atoms with Gasteiger partial charge in [0.15, 0.2) is 0 Å². The fourth-order valence-corrected chi connectivity index (χ4v) is 2.77. The molecule has 132 valence electrons. The van der Waals surface area contributed by atoms with Gasteiger partial charge >= 0.3 is 0 Å². The Balaban J connectivity index is 1.64. The molecule has 0 aliphatic heterocycles. The molecule has 1 aromatic heterocycles. The number of nitrogens with one attached hydrogen (secondary N) is 2. The lowest BCUT2D eigenvalue weighted by Crippen LogP contribution is -2.41. The van der Waals surface area contributed by atoms with E-state index in [1.165, 1.54) is 0 Å². The lowest BCUT2D eigenvalue weighted by atomic mass is 10.2. The third-order valence-corrected chi connectivity index (χ3v) is 4.31. The van der Waals surface area contributed by atoms with Gasteiger partial charge in [0.1, 0.15) is 0 Å². The third kappa shape index (κ3) is 4.00. The fourth-order valence-electron chi connectivity index (χ4n) is 2.50. The Morgan fingerprint density at radius 1 is 0.885 bits per heavy atom. The van der Waals surface area contributed by atoms with Gasteiger partial charge in [-0.3, -0.25) is 20.4 Å². The summed E-state index contributed by atoms with van der Waals surface area (Å²) >= 11 is 3.31. The van der Waals surface area contributed by atoms with Crippen molar-refractivity contribution >= 4 is 27.7 Å². The predicted octanol–water partition coefficient (Wildman–Crippen LogP) is 3.33. The van der Waals surface area contributed by atoms with Crippen molar-refractivity contribution < 1.29 is 9.59 Å². The Labute approximate surface area is 159 Å². The van der Waals surface area contributed by atoms with Gasteiger partial charge < -0.3 is 0 Å². The zero-order valence-corrected chi connectivity index (χ0v) is 15.9.